The molecule has 4 rings (SSSR count). The van der Waals surface area contributed by atoms with Crippen molar-refractivity contribution in [3.05, 3.63) is 78.0 Å². The molecule has 4 nitrogen and oxygen atoms in total. The van der Waals surface area contributed by atoms with Gasteiger partial charge >= 0.3 is 5.97 Å². The van der Waals surface area contributed by atoms with Crippen molar-refractivity contribution in [2.75, 3.05) is 6.61 Å². The smallest absolute Gasteiger partial charge is 0.340 e. The number of aryl methyl sites for hydroxylation is 1. The molecule has 0 bridgehead atoms. The van der Waals surface area contributed by atoms with Crippen molar-refractivity contribution in [2.24, 2.45) is 0 Å². The highest BCUT2D eigenvalue weighted by atomic mass is 16.5. The zero-order chi connectivity index (χ0) is 19.7. The van der Waals surface area contributed by atoms with Crippen LogP contribution in [-0.2, 0) is 11.3 Å². The molecule has 0 aliphatic rings. The lowest BCUT2D eigenvalue weighted by Crippen LogP contribution is -2.11. The summed E-state index contributed by atoms with van der Waals surface area (Å²) in [5.41, 5.74) is 2.59. The van der Waals surface area contributed by atoms with Crippen LogP contribution < -0.4 is 0 Å². The fourth-order valence-corrected chi connectivity index (χ4v) is 3.69. The van der Waals surface area contributed by atoms with E-state index in [1.165, 1.54) is 0 Å². The second-order valence-corrected chi connectivity index (χ2v) is 7.11. The van der Waals surface area contributed by atoms with E-state index in [-0.39, 0.29) is 24.2 Å². The summed E-state index contributed by atoms with van der Waals surface area (Å²) in [6, 6.07) is 19.3. The van der Waals surface area contributed by atoms with E-state index in [9.17, 15) is 9.90 Å². The van der Waals surface area contributed by atoms with E-state index in [0.29, 0.717) is 5.56 Å². The first-order chi connectivity index (χ1) is 13.6. The van der Waals surface area contributed by atoms with Gasteiger partial charge in [-0.05, 0) is 30.0 Å². The predicted octanol–water partition coefficient (Wildman–Crippen LogP) is 5.48. The number of phenolic OH excluding ortho intramolecular Hbond substituents is 1. The molecule has 142 valence electrons. The number of rotatable bonds is 5. The van der Waals surface area contributed by atoms with Crippen LogP contribution in [0, 0.1) is 0 Å². The van der Waals surface area contributed by atoms with Crippen LogP contribution in [0.3, 0.4) is 0 Å². The zero-order valence-corrected chi connectivity index (χ0v) is 16.1. The third-order valence-electron chi connectivity index (χ3n) is 5.23. The number of hydrogen-bond donors (Lipinski definition) is 1. The second kappa shape index (κ2) is 7.39. The lowest BCUT2D eigenvalue weighted by Gasteiger charge is -2.12. The summed E-state index contributed by atoms with van der Waals surface area (Å²) in [5, 5.41) is 12.8. The molecular weight excluding hydrogens is 350 g/mol. The van der Waals surface area contributed by atoms with Gasteiger partial charge in [-0.15, -0.1) is 0 Å². The van der Waals surface area contributed by atoms with Gasteiger partial charge in [0.15, 0.2) is 0 Å². The molecule has 0 aliphatic carbocycles. The Morgan fingerprint density at radius 2 is 1.89 bits per heavy atom. The number of fused-ring (bicyclic) bond motifs is 3. The van der Waals surface area contributed by atoms with E-state index >= 15 is 0 Å². The molecule has 4 aromatic rings. The molecule has 4 heteroatoms. The van der Waals surface area contributed by atoms with Gasteiger partial charge in [0.1, 0.15) is 5.75 Å². The molecule has 1 atom stereocenters. The SMILES string of the molecule is CCn1cc(C(=O)OCC(C)c2cccc(O)c2)c2ccc3ccccc3c21. The quantitative estimate of drug-likeness (QED) is 0.471. The predicted molar refractivity (Wildman–Crippen MR) is 112 cm³/mol. The van der Waals surface area contributed by atoms with Crippen LogP contribution >= 0.6 is 0 Å². The van der Waals surface area contributed by atoms with Gasteiger partial charge in [0, 0.05) is 29.4 Å². The van der Waals surface area contributed by atoms with Crippen molar-refractivity contribution in [1.29, 1.82) is 0 Å². The highest BCUT2D eigenvalue weighted by Crippen LogP contribution is 2.30. The maximum absolute atomic E-state index is 12.8. The Balaban J connectivity index is 1.63. The van der Waals surface area contributed by atoms with E-state index in [4.69, 9.17) is 4.74 Å². The minimum Gasteiger partial charge on any atom is -0.508 e. The molecule has 0 saturated heterocycles. The lowest BCUT2D eigenvalue weighted by atomic mass is 10.0. The first-order valence-corrected chi connectivity index (χ1v) is 9.55. The largest absolute Gasteiger partial charge is 0.508 e. The Hall–Kier alpha value is -3.27. The number of ether oxygens (including phenoxy) is 1. The third kappa shape index (κ3) is 3.22. The number of nitrogens with zero attached hydrogens (tertiary/aromatic N) is 1. The summed E-state index contributed by atoms with van der Waals surface area (Å²) < 4.78 is 7.73. The van der Waals surface area contributed by atoms with E-state index in [1.807, 2.05) is 43.5 Å². The minimum absolute atomic E-state index is 0.00333. The van der Waals surface area contributed by atoms with E-state index in [0.717, 1.165) is 33.8 Å². The van der Waals surface area contributed by atoms with Crippen LogP contribution in [-0.4, -0.2) is 22.2 Å². The second-order valence-electron chi connectivity index (χ2n) is 7.11. The Kier molecular flexibility index (Phi) is 4.78. The van der Waals surface area contributed by atoms with Crippen molar-refractivity contribution >= 4 is 27.6 Å². The van der Waals surface area contributed by atoms with Gasteiger partial charge in [-0.2, -0.15) is 0 Å². The highest BCUT2D eigenvalue weighted by molar-refractivity contribution is 6.13. The van der Waals surface area contributed by atoms with Crippen molar-refractivity contribution < 1.29 is 14.6 Å². The molecule has 28 heavy (non-hydrogen) atoms. The molecule has 0 saturated carbocycles. The normalized spacial score (nSPS) is 12.4. The van der Waals surface area contributed by atoms with E-state index in [2.05, 4.69) is 23.6 Å². The molecule has 0 fully saturated rings. The van der Waals surface area contributed by atoms with Gasteiger partial charge in [-0.25, -0.2) is 4.79 Å². The number of carbonyl (C=O) groups is 1. The van der Waals surface area contributed by atoms with Crippen LogP contribution in [0.15, 0.2) is 66.9 Å². The minimum atomic E-state index is -0.320. The average molecular weight is 373 g/mol. The molecule has 0 aliphatic heterocycles. The summed E-state index contributed by atoms with van der Waals surface area (Å²) >= 11 is 0. The van der Waals surface area contributed by atoms with Crippen LogP contribution in [0.4, 0.5) is 0 Å². The maximum atomic E-state index is 12.8. The van der Waals surface area contributed by atoms with Crippen LogP contribution in [0.1, 0.15) is 35.7 Å². The number of benzene rings is 3. The third-order valence-corrected chi connectivity index (χ3v) is 5.23. The summed E-state index contributed by atoms with van der Waals surface area (Å²) in [5.74, 6) is -0.107. The fraction of sp³-hybridized carbons (Fsp3) is 0.208. The number of aromatic hydroxyl groups is 1. The van der Waals surface area contributed by atoms with Crippen LogP contribution in [0.5, 0.6) is 5.75 Å². The Labute approximate surface area is 164 Å². The standard InChI is InChI=1S/C24H23NO3/c1-3-25-14-22(21-12-11-17-7-4-5-10-20(17)23(21)25)24(27)28-15-16(2)18-8-6-9-19(26)13-18/h4-14,16,26H,3,15H2,1-2H3. The van der Waals surface area contributed by atoms with E-state index in [1.54, 1.807) is 18.2 Å². The molecule has 1 aromatic heterocycles. The Bertz CT molecular complexity index is 1160. The first-order valence-electron chi connectivity index (χ1n) is 9.55. The molecule has 3 aromatic carbocycles. The monoisotopic (exact) mass is 373 g/mol. The molecular formula is C24H23NO3. The molecule has 1 heterocycles. The van der Waals surface area contributed by atoms with Crippen molar-refractivity contribution in [2.45, 2.75) is 26.3 Å². The average Bonchev–Trinajstić information content (AvgIpc) is 3.11. The fourth-order valence-electron chi connectivity index (χ4n) is 3.69. The molecule has 0 amide bonds. The number of aromatic nitrogens is 1. The topological polar surface area (TPSA) is 51.5 Å². The summed E-state index contributed by atoms with van der Waals surface area (Å²) in [6.07, 6.45) is 1.89. The summed E-state index contributed by atoms with van der Waals surface area (Å²) in [7, 11) is 0. The molecule has 0 spiro atoms. The van der Waals surface area contributed by atoms with Crippen LogP contribution in [0.2, 0.25) is 0 Å². The van der Waals surface area contributed by atoms with Gasteiger partial charge in [0.2, 0.25) is 0 Å². The number of phenols is 1. The van der Waals surface area contributed by atoms with Crippen LogP contribution in [0.25, 0.3) is 21.7 Å². The van der Waals surface area contributed by atoms with Crippen molar-refractivity contribution in [1.82, 2.24) is 4.57 Å². The van der Waals surface area contributed by atoms with Crippen molar-refractivity contribution in [3.63, 3.8) is 0 Å². The number of esters is 1. The molecule has 1 N–H and O–H groups in total. The number of carbonyl (C=O) groups excluding carboxylic acids is 1. The van der Waals surface area contributed by atoms with E-state index < -0.39 is 0 Å². The molecule has 1 unspecified atom stereocenters. The Morgan fingerprint density at radius 3 is 2.68 bits per heavy atom. The van der Waals surface area contributed by atoms with Gasteiger partial charge in [-0.3, -0.25) is 0 Å². The first kappa shape index (κ1) is 18.1. The Morgan fingerprint density at radius 1 is 1.07 bits per heavy atom. The van der Waals surface area contributed by atoms with Gasteiger partial charge in [0.25, 0.3) is 0 Å². The highest BCUT2D eigenvalue weighted by Gasteiger charge is 2.19. The summed E-state index contributed by atoms with van der Waals surface area (Å²) in [6.45, 7) is 5.08. The maximum Gasteiger partial charge on any atom is 0.340 e. The summed E-state index contributed by atoms with van der Waals surface area (Å²) in [4.78, 5) is 12.8. The number of hydrogen-bond acceptors (Lipinski definition) is 3. The van der Waals surface area contributed by atoms with Gasteiger partial charge in [0.05, 0.1) is 17.7 Å². The molecule has 0 radical (unpaired) electrons. The zero-order valence-electron chi connectivity index (χ0n) is 16.1. The van der Waals surface area contributed by atoms with Crippen molar-refractivity contribution in [3.8, 4) is 5.75 Å². The van der Waals surface area contributed by atoms with Gasteiger partial charge < -0.3 is 14.4 Å². The van der Waals surface area contributed by atoms with Gasteiger partial charge in [-0.1, -0.05) is 55.5 Å². The lowest BCUT2D eigenvalue weighted by molar-refractivity contribution is 0.0487.